The molecule has 130 valence electrons. The number of hydrogen-bond donors (Lipinski definition) is 0. The third-order valence-corrected chi connectivity index (χ3v) is 6.09. The Bertz CT molecular complexity index is 1160. The fourth-order valence-corrected chi connectivity index (χ4v) is 5.15. The van der Waals surface area contributed by atoms with Gasteiger partial charge in [0.05, 0.1) is 5.41 Å². The first-order chi connectivity index (χ1) is 13.2. The van der Waals surface area contributed by atoms with Gasteiger partial charge in [0.15, 0.2) is 0 Å². The average molecular weight is 346 g/mol. The van der Waals surface area contributed by atoms with Gasteiger partial charge in [-0.25, -0.2) is 0 Å². The van der Waals surface area contributed by atoms with Gasteiger partial charge in [-0.1, -0.05) is 97.1 Å². The van der Waals surface area contributed by atoms with Crippen LogP contribution >= 0.6 is 0 Å². The van der Waals surface area contributed by atoms with Crippen molar-refractivity contribution in [2.45, 2.75) is 19.3 Å². The summed E-state index contributed by atoms with van der Waals surface area (Å²) in [4.78, 5) is 0. The highest BCUT2D eigenvalue weighted by molar-refractivity contribution is 6.00. The third kappa shape index (κ3) is 1.88. The van der Waals surface area contributed by atoms with E-state index in [-0.39, 0.29) is 5.41 Å². The highest BCUT2D eigenvalue weighted by atomic mass is 14.5. The van der Waals surface area contributed by atoms with E-state index in [0.29, 0.717) is 0 Å². The van der Waals surface area contributed by atoms with E-state index in [0.717, 1.165) is 0 Å². The molecule has 2 aliphatic rings. The highest BCUT2D eigenvalue weighted by Crippen LogP contribution is 2.63. The van der Waals surface area contributed by atoms with Crippen LogP contribution in [-0.4, -0.2) is 0 Å². The summed E-state index contributed by atoms with van der Waals surface area (Å²) >= 11 is 0. The summed E-state index contributed by atoms with van der Waals surface area (Å²) in [6.45, 7) is 8.36. The van der Waals surface area contributed by atoms with Crippen molar-refractivity contribution in [3.63, 3.8) is 0 Å². The van der Waals surface area contributed by atoms with E-state index in [4.69, 9.17) is 0 Å². The van der Waals surface area contributed by atoms with E-state index in [1.165, 1.54) is 50.1 Å². The van der Waals surface area contributed by atoms with Gasteiger partial charge in [0.25, 0.3) is 0 Å². The molecule has 0 saturated carbocycles. The van der Waals surface area contributed by atoms with Crippen LogP contribution in [0.4, 0.5) is 0 Å². The maximum atomic E-state index is 4.04. The van der Waals surface area contributed by atoms with Crippen LogP contribution in [0.3, 0.4) is 0 Å². The van der Waals surface area contributed by atoms with Gasteiger partial charge in [0, 0.05) is 0 Å². The maximum absolute atomic E-state index is 4.04. The maximum Gasteiger partial charge on any atom is 0.0725 e. The van der Waals surface area contributed by atoms with Crippen LogP contribution in [0.5, 0.6) is 0 Å². The van der Waals surface area contributed by atoms with Crippen molar-refractivity contribution in [1.82, 2.24) is 0 Å². The minimum absolute atomic E-state index is 0.259. The lowest BCUT2D eigenvalue weighted by Crippen LogP contribution is -2.26. The van der Waals surface area contributed by atoms with Gasteiger partial charge in [-0.3, -0.25) is 0 Å². The van der Waals surface area contributed by atoms with Crippen molar-refractivity contribution >= 4 is 5.57 Å². The van der Waals surface area contributed by atoms with Crippen LogP contribution in [0, 0.1) is 6.92 Å². The van der Waals surface area contributed by atoms with Crippen LogP contribution in [0.2, 0.25) is 0 Å². The second-order valence-corrected chi connectivity index (χ2v) is 7.41. The average Bonchev–Trinajstić information content (AvgIpc) is 3.14. The van der Waals surface area contributed by atoms with Crippen molar-refractivity contribution in [2.75, 3.05) is 0 Å². The lowest BCUT2D eigenvalue weighted by Gasteiger charge is -2.31. The van der Waals surface area contributed by atoms with Crippen molar-refractivity contribution in [3.05, 3.63) is 125 Å². The molecule has 27 heavy (non-hydrogen) atoms. The molecule has 3 aromatic carbocycles. The Morgan fingerprint density at radius 1 is 0.778 bits per heavy atom. The minimum Gasteiger partial charge on any atom is -0.0991 e. The zero-order valence-corrected chi connectivity index (χ0v) is 15.8. The lowest BCUT2D eigenvalue weighted by molar-refractivity contribution is 0.793. The van der Waals surface area contributed by atoms with Crippen molar-refractivity contribution < 1.29 is 0 Å². The zero-order valence-electron chi connectivity index (χ0n) is 15.8. The van der Waals surface area contributed by atoms with Gasteiger partial charge >= 0.3 is 0 Å². The van der Waals surface area contributed by atoms with Gasteiger partial charge < -0.3 is 0 Å². The van der Waals surface area contributed by atoms with Gasteiger partial charge in [-0.15, -0.1) is 0 Å². The molecule has 2 aliphatic carbocycles. The Morgan fingerprint density at radius 2 is 1.41 bits per heavy atom. The van der Waals surface area contributed by atoms with Crippen LogP contribution in [0.15, 0.2) is 97.1 Å². The Hall–Kier alpha value is -3.12. The van der Waals surface area contributed by atoms with E-state index in [1.54, 1.807) is 0 Å². The lowest BCUT2D eigenvalue weighted by atomic mass is 9.70. The number of rotatable bonds is 1. The molecule has 0 heteroatoms. The smallest absolute Gasteiger partial charge is 0.0725 e. The number of fused-ring (bicyclic) bond motifs is 7. The summed E-state index contributed by atoms with van der Waals surface area (Å²) in [5.74, 6) is 0. The number of benzene rings is 3. The fourth-order valence-electron chi connectivity index (χ4n) is 5.15. The first-order valence-corrected chi connectivity index (χ1v) is 9.54. The molecule has 0 saturated heterocycles. The second-order valence-electron chi connectivity index (χ2n) is 7.41. The number of hydrogen-bond acceptors (Lipinski definition) is 0. The summed E-state index contributed by atoms with van der Waals surface area (Å²) < 4.78 is 0. The summed E-state index contributed by atoms with van der Waals surface area (Å²) in [7, 11) is 0. The Balaban J connectivity index is 2.03. The molecular weight excluding hydrogens is 324 g/mol. The van der Waals surface area contributed by atoms with E-state index >= 15 is 0 Å². The van der Waals surface area contributed by atoms with E-state index in [1.807, 2.05) is 6.08 Å². The molecule has 1 unspecified atom stereocenters. The van der Waals surface area contributed by atoms with Gasteiger partial charge in [0.2, 0.25) is 0 Å². The summed E-state index contributed by atoms with van der Waals surface area (Å²) in [5.41, 5.74) is 11.8. The second kappa shape index (κ2) is 5.69. The van der Waals surface area contributed by atoms with E-state index in [2.05, 4.69) is 99.3 Å². The molecule has 0 bridgehead atoms. The van der Waals surface area contributed by atoms with Crippen LogP contribution in [0.1, 0.15) is 34.7 Å². The zero-order chi connectivity index (χ0) is 18.6. The predicted octanol–water partition coefficient (Wildman–Crippen LogP) is 6.84. The first kappa shape index (κ1) is 16.1. The molecule has 0 heterocycles. The highest BCUT2D eigenvalue weighted by Gasteiger charge is 2.52. The van der Waals surface area contributed by atoms with Crippen LogP contribution < -0.4 is 0 Å². The topological polar surface area (TPSA) is 0 Å². The number of allylic oxidation sites excluding steroid dienone is 5. The van der Waals surface area contributed by atoms with Crippen LogP contribution in [-0.2, 0) is 5.41 Å². The summed E-state index contributed by atoms with van der Waals surface area (Å²) in [6, 6.07) is 24.6. The van der Waals surface area contributed by atoms with Crippen molar-refractivity contribution in [2.24, 2.45) is 0 Å². The van der Waals surface area contributed by atoms with Crippen molar-refractivity contribution in [1.29, 1.82) is 0 Å². The van der Waals surface area contributed by atoms with Crippen LogP contribution in [0.25, 0.3) is 16.7 Å². The molecule has 0 radical (unpaired) electrons. The quantitative estimate of drug-likeness (QED) is 0.452. The SMILES string of the molecule is C=C/C=C1\C(=C/C)c2ccccc2C12c1ccccc1-c1ccc(C)cc12. The van der Waals surface area contributed by atoms with Crippen molar-refractivity contribution in [3.8, 4) is 11.1 Å². The standard InChI is InChI=1S/C27H22/c1-4-10-23-19(5-2)20-11-6-8-13-24(20)27(23)25-14-9-7-12-21(25)22-16-15-18(3)17-26(22)27/h4-17H,1H2,2-3H3/b19-5-,23-10+. The monoisotopic (exact) mass is 346 g/mol. The molecule has 0 nitrogen and oxygen atoms in total. The normalized spacial score (nSPS) is 22.1. The van der Waals surface area contributed by atoms with E-state index in [9.17, 15) is 0 Å². The summed E-state index contributed by atoms with van der Waals surface area (Å²) in [5, 5.41) is 0. The summed E-state index contributed by atoms with van der Waals surface area (Å²) in [6.07, 6.45) is 6.39. The Morgan fingerprint density at radius 3 is 2.11 bits per heavy atom. The molecule has 0 aliphatic heterocycles. The molecular formula is C27H22. The Kier molecular flexibility index (Phi) is 3.39. The number of aryl methyl sites for hydroxylation is 1. The largest absolute Gasteiger partial charge is 0.0991 e. The molecule has 3 aromatic rings. The third-order valence-electron chi connectivity index (χ3n) is 6.09. The molecule has 0 amide bonds. The van der Waals surface area contributed by atoms with Gasteiger partial charge in [-0.05, 0) is 58.4 Å². The molecule has 0 aromatic heterocycles. The minimum atomic E-state index is -0.259. The Labute approximate surface area is 161 Å². The first-order valence-electron chi connectivity index (χ1n) is 9.54. The van der Waals surface area contributed by atoms with Gasteiger partial charge in [-0.2, -0.15) is 0 Å². The predicted molar refractivity (Wildman–Crippen MR) is 115 cm³/mol. The van der Waals surface area contributed by atoms with E-state index < -0.39 is 0 Å². The fraction of sp³-hybridized carbons (Fsp3) is 0.111. The molecule has 1 atom stereocenters. The van der Waals surface area contributed by atoms with Gasteiger partial charge in [0.1, 0.15) is 0 Å². The molecule has 5 rings (SSSR count). The molecule has 1 spiro atoms. The molecule has 0 N–H and O–H groups in total. The molecule has 0 fully saturated rings.